The second kappa shape index (κ2) is 6.03. The Hall–Kier alpha value is -1.06. The van der Waals surface area contributed by atoms with Crippen molar-refractivity contribution in [1.82, 2.24) is 0 Å². The van der Waals surface area contributed by atoms with E-state index < -0.39 is 0 Å². The molecule has 17 heavy (non-hydrogen) atoms. The lowest BCUT2D eigenvalue weighted by atomic mass is 9.90. The van der Waals surface area contributed by atoms with E-state index in [4.69, 9.17) is 15.2 Å². The third kappa shape index (κ3) is 3.45. The first kappa shape index (κ1) is 12.4. The minimum atomic E-state index is 0.183. The van der Waals surface area contributed by atoms with Gasteiger partial charge in [0.05, 0.1) is 13.7 Å². The van der Waals surface area contributed by atoms with Crippen LogP contribution in [0.5, 0.6) is 5.75 Å². The summed E-state index contributed by atoms with van der Waals surface area (Å²) in [4.78, 5) is 0. The van der Waals surface area contributed by atoms with Gasteiger partial charge in [-0.2, -0.15) is 0 Å². The number of benzene rings is 1. The highest BCUT2D eigenvalue weighted by molar-refractivity contribution is 5.29. The van der Waals surface area contributed by atoms with Crippen molar-refractivity contribution in [2.45, 2.75) is 25.3 Å². The van der Waals surface area contributed by atoms with Gasteiger partial charge < -0.3 is 15.2 Å². The van der Waals surface area contributed by atoms with E-state index in [0.29, 0.717) is 5.92 Å². The minimum Gasteiger partial charge on any atom is -0.497 e. The van der Waals surface area contributed by atoms with E-state index in [0.717, 1.165) is 31.8 Å². The maximum atomic E-state index is 6.25. The average Bonchev–Trinajstić information content (AvgIpc) is 2.40. The van der Waals surface area contributed by atoms with Crippen LogP contribution in [-0.2, 0) is 11.2 Å². The van der Waals surface area contributed by atoms with Crippen LogP contribution in [0.4, 0.5) is 0 Å². The number of ether oxygens (including phenoxy) is 2. The Labute approximate surface area is 103 Å². The topological polar surface area (TPSA) is 44.5 Å². The van der Waals surface area contributed by atoms with Crippen LogP contribution >= 0.6 is 0 Å². The Morgan fingerprint density at radius 3 is 3.12 bits per heavy atom. The highest BCUT2D eigenvalue weighted by Gasteiger charge is 2.21. The monoisotopic (exact) mass is 235 g/mol. The zero-order chi connectivity index (χ0) is 12.1. The lowest BCUT2D eigenvalue weighted by Gasteiger charge is -2.27. The van der Waals surface area contributed by atoms with E-state index in [1.54, 1.807) is 7.11 Å². The summed E-state index contributed by atoms with van der Waals surface area (Å²) < 4.78 is 10.7. The fourth-order valence-electron chi connectivity index (χ4n) is 2.34. The molecule has 1 saturated heterocycles. The lowest BCUT2D eigenvalue weighted by molar-refractivity contribution is 0.0450. The summed E-state index contributed by atoms with van der Waals surface area (Å²) in [6.07, 6.45) is 3.22. The molecule has 1 aromatic carbocycles. The molecule has 1 heterocycles. The molecule has 1 fully saturated rings. The third-order valence-electron chi connectivity index (χ3n) is 3.41. The Balaban J connectivity index is 1.94. The van der Waals surface area contributed by atoms with Crippen LogP contribution in [-0.4, -0.2) is 26.4 Å². The van der Waals surface area contributed by atoms with Gasteiger partial charge >= 0.3 is 0 Å². The first-order valence-corrected chi connectivity index (χ1v) is 6.26. The molecule has 0 amide bonds. The van der Waals surface area contributed by atoms with Crippen molar-refractivity contribution in [2.24, 2.45) is 11.7 Å². The predicted molar refractivity (Wildman–Crippen MR) is 68.2 cm³/mol. The van der Waals surface area contributed by atoms with E-state index in [9.17, 15) is 0 Å². The summed E-state index contributed by atoms with van der Waals surface area (Å²) in [5.41, 5.74) is 7.49. The Bertz CT molecular complexity index is 348. The summed E-state index contributed by atoms with van der Waals surface area (Å²) in [6.45, 7) is 1.70. The molecule has 2 unspecified atom stereocenters. The molecule has 0 spiro atoms. The molecule has 1 aliphatic heterocycles. The molecule has 2 atom stereocenters. The van der Waals surface area contributed by atoms with Crippen LogP contribution in [0.3, 0.4) is 0 Å². The molecule has 0 aromatic heterocycles. The summed E-state index contributed by atoms with van der Waals surface area (Å²) >= 11 is 0. The van der Waals surface area contributed by atoms with Crippen LogP contribution < -0.4 is 10.5 Å². The standard InChI is InChI=1S/C14H21NO2/c1-16-13-6-2-4-11(8-13)9-14(15)12-5-3-7-17-10-12/h2,4,6,8,12,14H,3,5,7,9-10,15H2,1H3. The van der Waals surface area contributed by atoms with E-state index in [1.807, 2.05) is 12.1 Å². The quantitative estimate of drug-likeness (QED) is 0.868. The lowest BCUT2D eigenvalue weighted by Crippen LogP contribution is -2.37. The van der Waals surface area contributed by atoms with Gasteiger partial charge in [-0.05, 0) is 42.9 Å². The van der Waals surface area contributed by atoms with Crippen molar-refractivity contribution in [3.8, 4) is 5.75 Å². The molecule has 94 valence electrons. The molecule has 0 radical (unpaired) electrons. The first-order chi connectivity index (χ1) is 8.29. The minimum absolute atomic E-state index is 0.183. The van der Waals surface area contributed by atoms with E-state index in [-0.39, 0.29) is 6.04 Å². The zero-order valence-corrected chi connectivity index (χ0v) is 10.4. The summed E-state index contributed by atoms with van der Waals surface area (Å²) in [5, 5.41) is 0. The van der Waals surface area contributed by atoms with Gasteiger partial charge in [0, 0.05) is 12.6 Å². The Morgan fingerprint density at radius 1 is 1.53 bits per heavy atom. The van der Waals surface area contributed by atoms with Gasteiger partial charge in [-0.1, -0.05) is 12.1 Å². The van der Waals surface area contributed by atoms with Crippen molar-refractivity contribution in [3.05, 3.63) is 29.8 Å². The Morgan fingerprint density at radius 2 is 2.41 bits per heavy atom. The van der Waals surface area contributed by atoms with Crippen molar-refractivity contribution in [1.29, 1.82) is 0 Å². The van der Waals surface area contributed by atoms with Crippen molar-refractivity contribution >= 4 is 0 Å². The van der Waals surface area contributed by atoms with Crippen LogP contribution in [0.1, 0.15) is 18.4 Å². The number of methoxy groups -OCH3 is 1. The number of hydrogen-bond donors (Lipinski definition) is 1. The number of rotatable bonds is 4. The van der Waals surface area contributed by atoms with E-state index in [1.165, 1.54) is 12.0 Å². The highest BCUT2D eigenvalue weighted by Crippen LogP contribution is 2.20. The van der Waals surface area contributed by atoms with Crippen molar-refractivity contribution in [3.63, 3.8) is 0 Å². The van der Waals surface area contributed by atoms with E-state index >= 15 is 0 Å². The average molecular weight is 235 g/mol. The van der Waals surface area contributed by atoms with Crippen molar-refractivity contribution in [2.75, 3.05) is 20.3 Å². The Kier molecular flexibility index (Phi) is 4.40. The fraction of sp³-hybridized carbons (Fsp3) is 0.571. The zero-order valence-electron chi connectivity index (χ0n) is 10.4. The molecular formula is C14H21NO2. The van der Waals surface area contributed by atoms with Gasteiger partial charge in [-0.15, -0.1) is 0 Å². The normalized spacial score (nSPS) is 22.1. The molecule has 2 N–H and O–H groups in total. The van der Waals surface area contributed by atoms with Gasteiger partial charge in [0.25, 0.3) is 0 Å². The van der Waals surface area contributed by atoms with E-state index in [2.05, 4.69) is 12.1 Å². The number of nitrogens with two attached hydrogens (primary N) is 1. The third-order valence-corrected chi connectivity index (χ3v) is 3.41. The molecule has 0 aliphatic carbocycles. The summed E-state index contributed by atoms with van der Waals surface area (Å²) in [6, 6.07) is 8.31. The van der Waals surface area contributed by atoms with Gasteiger partial charge in [0.1, 0.15) is 5.75 Å². The van der Waals surface area contributed by atoms with Gasteiger partial charge in [-0.3, -0.25) is 0 Å². The van der Waals surface area contributed by atoms with Gasteiger partial charge in [0.15, 0.2) is 0 Å². The molecule has 1 aliphatic rings. The molecular weight excluding hydrogens is 214 g/mol. The molecule has 0 bridgehead atoms. The molecule has 1 aromatic rings. The maximum absolute atomic E-state index is 6.25. The second-order valence-corrected chi connectivity index (χ2v) is 4.70. The summed E-state index contributed by atoms with van der Waals surface area (Å²) in [5.74, 6) is 1.39. The smallest absolute Gasteiger partial charge is 0.119 e. The molecule has 0 saturated carbocycles. The van der Waals surface area contributed by atoms with Crippen LogP contribution in [0.25, 0.3) is 0 Å². The first-order valence-electron chi connectivity index (χ1n) is 6.26. The van der Waals surface area contributed by atoms with Crippen LogP contribution in [0.2, 0.25) is 0 Å². The predicted octanol–water partition coefficient (Wildman–Crippen LogP) is 1.99. The highest BCUT2D eigenvalue weighted by atomic mass is 16.5. The van der Waals surface area contributed by atoms with Crippen LogP contribution in [0, 0.1) is 5.92 Å². The fourth-order valence-corrected chi connectivity index (χ4v) is 2.34. The molecule has 2 rings (SSSR count). The summed E-state index contributed by atoms with van der Waals surface area (Å²) in [7, 11) is 1.69. The molecule has 3 heteroatoms. The molecule has 3 nitrogen and oxygen atoms in total. The maximum Gasteiger partial charge on any atom is 0.119 e. The van der Waals surface area contributed by atoms with Gasteiger partial charge in [0.2, 0.25) is 0 Å². The van der Waals surface area contributed by atoms with Gasteiger partial charge in [-0.25, -0.2) is 0 Å². The number of hydrogen-bond acceptors (Lipinski definition) is 3. The second-order valence-electron chi connectivity index (χ2n) is 4.70. The largest absolute Gasteiger partial charge is 0.497 e. The van der Waals surface area contributed by atoms with Crippen molar-refractivity contribution < 1.29 is 9.47 Å². The van der Waals surface area contributed by atoms with Crippen LogP contribution in [0.15, 0.2) is 24.3 Å². The SMILES string of the molecule is COc1cccc(CC(N)C2CCCOC2)c1.